The molecule has 13 heteroatoms. The van der Waals surface area contributed by atoms with E-state index in [1.54, 1.807) is 12.1 Å². The van der Waals surface area contributed by atoms with Crippen LogP contribution < -0.4 is 16.2 Å². The smallest absolute Gasteiger partial charge is 0.368 e. The topological polar surface area (TPSA) is 141 Å². The molecule has 2 aromatic heterocycles. The first-order valence-electron chi connectivity index (χ1n) is 9.73. The average Bonchev–Trinajstić information content (AvgIpc) is 3.12. The molecule has 33 heavy (non-hydrogen) atoms. The first-order valence-corrected chi connectivity index (χ1v) is 12.0. The quantitative estimate of drug-likeness (QED) is 0.434. The standard InChI is InChI=1S/C20H19F3N4O4S2/c21-20(22,23)16-9-14(26-31-16)15-5-6-17(32-15)33(29,30)27-19(18(25)28)10-13(19)12-3-1-11(2-4-12)7-8-24/h1-6,9,13,27H,7-8,10,24H2,(H2,25,28)/t13-,19-/m0/s1. The van der Waals surface area contributed by atoms with Gasteiger partial charge in [-0.2, -0.15) is 17.9 Å². The summed E-state index contributed by atoms with van der Waals surface area (Å²) in [5.41, 5.74) is 11.2. The second-order valence-electron chi connectivity index (χ2n) is 7.67. The Bertz CT molecular complexity index is 1290. The van der Waals surface area contributed by atoms with Gasteiger partial charge in [0.05, 0.1) is 4.88 Å². The Kier molecular flexibility index (Phi) is 5.85. The molecule has 176 valence electrons. The average molecular weight is 501 g/mol. The third-order valence-electron chi connectivity index (χ3n) is 5.42. The fourth-order valence-electron chi connectivity index (χ4n) is 3.60. The van der Waals surface area contributed by atoms with Crippen LogP contribution in [0.3, 0.4) is 0 Å². The van der Waals surface area contributed by atoms with E-state index in [0.717, 1.165) is 11.1 Å². The summed E-state index contributed by atoms with van der Waals surface area (Å²) in [7, 11) is -4.20. The molecule has 8 nitrogen and oxygen atoms in total. The van der Waals surface area contributed by atoms with Crippen LogP contribution in [0.25, 0.3) is 10.6 Å². The number of nitrogens with zero attached hydrogens (tertiary/aromatic N) is 1. The van der Waals surface area contributed by atoms with Crippen molar-refractivity contribution in [2.75, 3.05) is 6.54 Å². The molecule has 0 radical (unpaired) electrons. The fraction of sp³-hybridized carbons (Fsp3) is 0.300. The molecule has 1 saturated carbocycles. The zero-order chi connectivity index (χ0) is 24.0. The van der Waals surface area contributed by atoms with Crippen molar-refractivity contribution in [3.63, 3.8) is 0 Å². The van der Waals surface area contributed by atoms with E-state index in [9.17, 15) is 26.4 Å². The van der Waals surface area contributed by atoms with Gasteiger partial charge in [-0.3, -0.25) is 4.79 Å². The van der Waals surface area contributed by atoms with Crippen molar-refractivity contribution in [1.82, 2.24) is 9.88 Å². The van der Waals surface area contributed by atoms with E-state index in [2.05, 4.69) is 14.4 Å². The molecule has 1 aliphatic carbocycles. The van der Waals surface area contributed by atoms with Gasteiger partial charge in [-0.15, -0.1) is 11.3 Å². The fourth-order valence-corrected chi connectivity index (χ4v) is 6.28. The van der Waals surface area contributed by atoms with E-state index in [4.69, 9.17) is 11.5 Å². The number of carbonyl (C=O) groups excluding carboxylic acids is 1. The number of thiophene rings is 1. The third-order valence-corrected chi connectivity index (χ3v) is 8.53. The lowest BCUT2D eigenvalue weighted by Crippen LogP contribution is -2.47. The molecule has 1 aromatic carbocycles. The van der Waals surface area contributed by atoms with Crippen LogP contribution in [0, 0.1) is 0 Å². The lowest BCUT2D eigenvalue weighted by atomic mass is 10.0. The third kappa shape index (κ3) is 4.53. The summed E-state index contributed by atoms with van der Waals surface area (Å²) in [6.45, 7) is 0.489. The molecular weight excluding hydrogens is 481 g/mol. The molecule has 1 amide bonds. The number of alkyl halides is 3. The van der Waals surface area contributed by atoms with E-state index >= 15 is 0 Å². The SMILES string of the molecule is NCCc1ccc([C@@H]2C[C@@]2(NS(=O)(=O)c2ccc(-c3cc(C(F)(F)F)on3)s2)C(N)=O)cc1. The summed E-state index contributed by atoms with van der Waals surface area (Å²) in [6, 6.07) is 10.6. The van der Waals surface area contributed by atoms with Gasteiger partial charge in [0.25, 0.3) is 10.0 Å². The normalized spacial score (nSPS) is 20.7. The number of hydrogen-bond acceptors (Lipinski definition) is 7. The summed E-state index contributed by atoms with van der Waals surface area (Å²) < 4.78 is 70.6. The number of benzene rings is 1. The Balaban J connectivity index is 1.55. The molecule has 0 bridgehead atoms. The first kappa shape index (κ1) is 23.4. The number of aromatic nitrogens is 1. The molecule has 0 unspecified atom stereocenters. The number of nitrogens with two attached hydrogens (primary N) is 2. The van der Waals surface area contributed by atoms with E-state index in [1.165, 1.54) is 12.1 Å². The minimum absolute atomic E-state index is 0.153. The zero-order valence-electron chi connectivity index (χ0n) is 16.9. The second kappa shape index (κ2) is 8.24. The number of nitrogens with one attached hydrogen (secondary N) is 1. The Hall–Kier alpha value is -2.74. The highest BCUT2D eigenvalue weighted by Crippen LogP contribution is 2.52. The van der Waals surface area contributed by atoms with Gasteiger partial charge in [0.1, 0.15) is 15.4 Å². The van der Waals surface area contributed by atoms with Crippen LogP contribution in [0.2, 0.25) is 0 Å². The molecule has 1 fully saturated rings. The van der Waals surface area contributed by atoms with Gasteiger partial charge in [0, 0.05) is 12.0 Å². The first-order chi connectivity index (χ1) is 15.5. The maximum Gasteiger partial charge on any atom is 0.452 e. The van der Waals surface area contributed by atoms with Crippen LogP contribution in [0.5, 0.6) is 0 Å². The predicted molar refractivity (Wildman–Crippen MR) is 114 cm³/mol. The molecule has 5 N–H and O–H groups in total. The Morgan fingerprint density at radius 1 is 1.24 bits per heavy atom. The minimum Gasteiger partial charge on any atom is -0.368 e. The maximum absolute atomic E-state index is 13.0. The minimum atomic E-state index is -4.71. The number of sulfonamides is 1. The van der Waals surface area contributed by atoms with Gasteiger partial charge < -0.3 is 16.0 Å². The lowest BCUT2D eigenvalue weighted by Gasteiger charge is -2.16. The monoisotopic (exact) mass is 500 g/mol. The van der Waals surface area contributed by atoms with Crippen molar-refractivity contribution in [3.8, 4) is 10.6 Å². The van der Waals surface area contributed by atoms with E-state index in [1.807, 2.05) is 12.1 Å². The molecular formula is C20H19F3N4O4S2. The predicted octanol–water partition coefficient (Wildman–Crippen LogP) is 2.61. The summed E-state index contributed by atoms with van der Waals surface area (Å²) in [6.07, 6.45) is -3.83. The van der Waals surface area contributed by atoms with Crippen LogP contribution in [0.1, 0.15) is 29.2 Å². The van der Waals surface area contributed by atoms with Gasteiger partial charge in [-0.05, 0) is 42.6 Å². The molecule has 0 aliphatic heterocycles. The highest BCUT2D eigenvalue weighted by Gasteiger charge is 2.62. The molecule has 2 heterocycles. The Morgan fingerprint density at radius 2 is 1.94 bits per heavy atom. The van der Waals surface area contributed by atoms with E-state index < -0.39 is 39.3 Å². The molecule has 1 aliphatic rings. The van der Waals surface area contributed by atoms with Gasteiger partial charge in [0.15, 0.2) is 0 Å². The van der Waals surface area contributed by atoms with E-state index in [-0.39, 0.29) is 21.2 Å². The second-order valence-corrected chi connectivity index (χ2v) is 10.7. The van der Waals surface area contributed by atoms with Gasteiger partial charge in [0.2, 0.25) is 11.7 Å². The number of halogens is 3. The van der Waals surface area contributed by atoms with E-state index in [0.29, 0.717) is 30.4 Å². The molecule has 3 aromatic rings. The van der Waals surface area contributed by atoms with Crippen LogP contribution in [0.15, 0.2) is 51.2 Å². The summed E-state index contributed by atoms with van der Waals surface area (Å²) in [5.74, 6) is -2.55. The summed E-state index contributed by atoms with van der Waals surface area (Å²) in [4.78, 5) is 12.4. The van der Waals surface area contributed by atoms with Crippen LogP contribution in [0.4, 0.5) is 13.2 Å². The largest absolute Gasteiger partial charge is 0.452 e. The summed E-state index contributed by atoms with van der Waals surface area (Å²) >= 11 is 0.697. The van der Waals surface area contributed by atoms with Crippen molar-refractivity contribution in [3.05, 3.63) is 59.4 Å². The number of rotatable bonds is 8. The Morgan fingerprint density at radius 3 is 2.52 bits per heavy atom. The van der Waals surface area contributed by atoms with Crippen LogP contribution >= 0.6 is 11.3 Å². The number of carbonyl (C=O) groups is 1. The van der Waals surface area contributed by atoms with Crippen molar-refractivity contribution in [1.29, 1.82) is 0 Å². The highest BCUT2D eigenvalue weighted by atomic mass is 32.2. The summed E-state index contributed by atoms with van der Waals surface area (Å²) in [5, 5.41) is 3.35. The van der Waals surface area contributed by atoms with Gasteiger partial charge in [-0.1, -0.05) is 29.4 Å². The van der Waals surface area contributed by atoms with Crippen LogP contribution in [-0.2, 0) is 27.4 Å². The molecule has 4 rings (SSSR count). The number of amides is 1. The van der Waals surface area contributed by atoms with Crippen molar-refractivity contribution < 1.29 is 30.9 Å². The van der Waals surface area contributed by atoms with Gasteiger partial charge >= 0.3 is 6.18 Å². The highest BCUT2D eigenvalue weighted by molar-refractivity contribution is 7.91. The lowest BCUT2D eigenvalue weighted by molar-refractivity contribution is -0.155. The Labute approximate surface area is 190 Å². The van der Waals surface area contributed by atoms with Gasteiger partial charge in [-0.25, -0.2) is 8.42 Å². The molecule has 0 saturated heterocycles. The van der Waals surface area contributed by atoms with Crippen molar-refractivity contribution in [2.24, 2.45) is 11.5 Å². The van der Waals surface area contributed by atoms with Crippen molar-refractivity contribution >= 4 is 27.3 Å². The number of primary amides is 1. The maximum atomic E-state index is 13.0. The molecule has 0 spiro atoms. The number of hydrogen-bond donors (Lipinski definition) is 3. The molecule has 2 atom stereocenters. The van der Waals surface area contributed by atoms with Crippen LogP contribution in [-0.4, -0.2) is 31.6 Å². The van der Waals surface area contributed by atoms with Crippen molar-refractivity contribution in [2.45, 2.75) is 34.7 Å². The zero-order valence-corrected chi connectivity index (χ0v) is 18.6.